The first-order valence-electron chi connectivity index (χ1n) is 9.34. The molecule has 3 N–H and O–H groups in total. The van der Waals surface area contributed by atoms with Gasteiger partial charge in [0.15, 0.2) is 0 Å². The number of H-pyrrole nitrogens is 1. The second-order valence-electron chi connectivity index (χ2n) is 6.51. The maximum atomic E-state index is 4.29. The summed E-state index contributed by atoms with van der Waals surface area (Å²) in [6, 6.07) is 8.51. The number of benzene rings is 1. The first-order chi connectivity index (χ1) is 13.3. The molecule has 0 unspecified atom stereocenters. The number of hydrogen-bond donors (Lipinski definition) is 3. The van der Waals surface area contributed by atoms with Gasteiger partial charge >= 0.3 is 0 Å². The molecule has 0 radical (unpaired) electrons. The van der Waals surface area contributed by atoms with Crippen molar-refractivity contribution < 1.29 is 0 Å². The first-order valence-corrected chi connectivity index (χ1v) is 9.34. The summed E-state index contributed by atoms with van der Waals surface area (Å²) >= 11 is 0. The maximum Gasteiger partial charge on any atom is 0.111 e. The molecule has 0 spiro atoms. The largest absolute Gasteiger partial charge is 0.380 e. The van der Waals surface area contributed by atoms with Crippen LogP contribution in [0.25, 0.3) is 11.1 Å². The van der Waals surface area contributed by atoms with Gasteiger partial charge in [0.05, 0.1) is 12.7 Å². The Morgan fingerprint density at radius 2 is 2.07 bits per heavy atom. The molecular weight excluding hydrogens is 336 g/mol. The fraction of sp³-hybridized carbons (Fsp3) is 0.286. The van der Waals surface area contributed by atoms with Crippen molar-refractivity contribution in [2.75, 3.05) is 42.3 Å². The quantitative estimate of drug-likeness (QED) is 0.411. The van der Waals surface area contributed by atoms with Gasteiger partial charge in [0.2, 0.25) is 0 Å². The molecule has 0 saturated heterocycles. The number of nitrogens with zero attached hydrogens (tertiary/aromatic N) is 3. The number of aromatic amines is 1. The van der Waals surface area contributed by atoms with Crippen LogP contribution in [-0.4, -0.2) is 31.7 Å². The van der Waals surface area contributed by atoms with Crippen molar-refractivity contribution in [1.29, 1.82) is 0 Å². The molecule has 4 rings (SSSR count). The molecule has 0 amide bonds. The predicted octanol–water partition coefficient (Wildman–Crippen LogP) is 4.70. The molecule has 0 atom stereocenters. The van der Waals surface area contributed by atoms with Crippen molar-refractivity contribution in [2.45, 2.75) is 13.3 Å². The minimum Gasteiger partial charge on any atom is -0.380 e. The van der Waals surface area contributed by atoms with Gasteiger partial charge in [0.1, 0.15) is 5.82 Å². The van der Waals surface area contributed by atoms with Crippen LogP contribution in [0.1, 0.15) is 24.5 Å². The normalized spacial score (nSPS) is 15.2. The molecular formula is C21H24N6. The molecule has 0 bridgehead atoms. The highest BCUT2D eigenvalue weighted by Crippen LogP contribution is 2.40. The van der Waals surface area contributed by atoms with Crippen LogP contribution in [0.3, 0.4) is 0 Å². The number of anilines is 3. The molecule has 0 fully saturated rings. The monoisotopic (exact) mass is 360 g/mol. The lowest BCUT2D eigenvalue weighted by atomic mass is 9.91. The van der Waals surface area contributed by atoms with Gasteiger partial charge in [-0.15, -0.1) is 5.73 Å². The average Bonchev–Trinajstić information content (AvgIpc) is 3.08. The van der Waals surface area contributed by atoms with E-state index in [2.05, 4.69) is 75.0 Å². The number of nitrogens with one attached hydrogen (secondary N) is 3. The highest BCUT2D eigenvalue weighted by molar-refractivity contribution is 6.10. The summed E-state index contributed by atoms with van der Waals surface area (Å²) < 4.78 is 0. The summed E-state index contributed by atoms with van der Waals surface area (Å²) in [6.07, 6.45) is 7.25. The van der Waals surface area contributed by atoms with Crippen LogP contribution < -0.4 is 15.6 Å². The second kappa shape index (κ2) is 7.56. The number of fused-ring (bicyclic) bond motifs is 2. The molecule has 138 valence electrons. The first kappa shape index (κ1) is 17.2. The van der Waals surface area contributed by atoms with Crippen molar-refractivity contribution in [3.8, 4) is 0 Å². The van der Waals surface area contributed by atoms with E-state index in [1.807, 2.05) is 11.2 Å². The Morgan fingerprint density at radius 3 is 2.93 bits per heavy atom. The van der Waals surface area contributed by atoms with Gasteiger partial charge in [-0.3, -0.25) is 0 Å². The topological polar surface area (TPSA) is 67.8 Å². The fourth-order valence-corrected chi connectivity index (χ4v) is 3.56. The summed E-state index contributed by atoms with van der Waals surface area (Å²) in [5, 5.41) is 17.1. The van der Waals surface area contributed by atoms with Gasteiger partial charge in [0.25, 0.3) is 0 Å². The molecule has 0 saturated carbocycles. The van der Waals surface area contributed by atoms with Crippen LogP contribution in [0.15, 0.2) is 58.7 Å². The zero-order valence-electron chi connectivity index (χ0n) is 15.7. The third kappa shape index (κ3) is 3.27. The van der Waals surface area contributed by atoms with Crippen LogP contribution in [0.5, 0.6) is 0 Å². The van der Waals surface area contributed by atoms with Crippen molar-refractivity contribution >= 4 is 28.3 Å². The lowest BCUT2D eigenvalue weighted by Gasteiger charge is -2.22. The number of hydrogen-bond acceptors (Lipinski definition) is 4. The standard InChI is InChI=1S/C21H24N6/c1-3-13-27(26-22-2)15-6-7-20-19(14-15)16(5-4-10-23-20)17-8-11-24-21-18(17)9-12-25-21/h4,6-9,12,14,23-25H,3,10-11,13H2,1-2H3. The molecule has 3 heterocycles. The van der Waals surface area contributed by atoms with Crippen LogP contribution in [0, 0.1) is 0 Å². The lowest BCUT2D eigenvalue weighted by Crippen LogP contribution is -2.17. The summed E-state index contributed by atoms with van der Waals surface area (Å²) in [4.78, 5) is 3.27. The fourth-order valence-electron chi connectivity index (χ4n) is 3.56. The Hall–Kier alpha value is -3.24. The van der Waals surface area contributed by atoms with Gasteiger partial charge in [0, 0.05) is 48.2 Å². The van der Waals surface area contributed by atoms with E-state index in [0.29, 0.717) is 0 Å². The summed E-state index contributed by atoms with van der Waals surface area (Å²) in [5.74, 6) is 1.06. The molecule has 6 nitrogen and oxygen atoms in total. The smallest absolute Gasteiger partial charge is 0.111 e. The maximum absolute atomic E-state index is 4.29. The third-order valence-electron chi connectivity index (χ3n) is 4.74. The number of rotatable bonds is 5. The van der Waals surface area contributed by atoms with E-state index in [1.54, 1.807) is 7.05 Å². The van der Waals surface area contributed by atoms with Crippen LogP contribution in [0.4, 0.5) is 17.2 Å². The van der Waals surface area contributed by atoms with E-state index in [4.69, 9.17) is 0 Å². The van der Waals surface area contributed by atoms with Gasteiger partial charge in [-0.1, -0.05) is 18.2 Å². The van der Waals surface area contributed by atoms with E-state index in [0.717, 1.165) is 54.4 Å². The second-order valence-corrected chi connectivity index (χ2v) is 6.51. The van der Waals surface area contributed by atoms with Crippen LogP contribution in [0.2, 0.25) is 0 Å². The molecule has 1 aromatic heterocycles. The van der Waals surface area contributed by atoms with Gasteiger partial charge < -0.3 is 15.6 Å². The Bertz CT molecular complexity index is 959. The lowest BCUT2D eigenvalue weighted by molar-refractivity contribution is 0.762. The molecule has 1 aromatic carbocycles. The number of allylic oxidation sites excluding steroid dienone is 1. The zero-order valence-corrected chi connectivity index (χ0v) is 15.7. The minimum atomic E-state index is 0.759. The zero-order chi connectivity index (χ0) is 18.6. The molecule has 6 heteroatoms. The molecule has 2 aliphatic heterocycles. The van der Waals surface area contributed by atoms with E-state index >= 15 is 0 Å². The van der Waals surface area contributed by atoms with Crippen molar-refractivity contribution in [2.24, 2.45) is 10.3 Å². The van der Waals surface area contributed by atoms with E-state index in [-0.39, 0.29) is 0 Å². The third-order valence-corrected chi connectivity index (χ3v) is 4.74. The summed E-state index contributed by atoms with van der Waals surface area (Å²) in [5.41, 5.74) is 10.3. The predicted molar refractivity (Wildman–Crippen MR) is 112 cm³/mol. The molecule has 2 aliphatic rings. The average molecular weight is 360 g/mol. The summed E-state index contributed by atoms with van der Waals surface area (Å²) in [6.45, 7) is 4.52. The van der Waals surface area contributed by atoms with Crippen LogP contribution in [-0.2, 0) is 0 Å². The number of aromatic nitrogens is 1. The molecule has 27 heavy (non-hydrogen) atoms. The van der Waals surface area contributed by atoms with Crippen molar-refractivity contribution in [3.63, 3.8) is 0 Å². The van der Waals surface area contributed by atoms with Gasteiger partial charge in [-0.25, -0.2) is 5.01 Å². The van der Waals surface area contributed by atoms with E-state index < -0.39 is 0 Å². The Balaban J connectivity index is 1.82. The van der Waals surface area contributed by atoms with E-state index in [1.165, 1.54) is 11.1 Å². The minimum absolute atomic E-state index is 0.759. The molecule has 0 aliphatic carbocycles. The van der Waals surface area contributed by atoms with Crippen molar-refractivity contribution in [3.05, 3.63) is 59.5 Å². The highest BCUT2D eigenvalue weighted by Gasteiger charge is 2.21. The van der Waals surface area contributed by atoms with Gasteiger partial charge in [-0.2, -0.15) is 5.11 Å². The van der Waals surface area contributed by atoms with E-state index in [9.17, 15) is 0 Å². The Kier molecular flexibility index (Phi) is 4.81. The summed E-state index contributed by atoms with van der Waals surface area (Å²) in [7, 11) is 1.70. The van der Waals surface area contributed by atoms with Gasteiger partial charge in [-0.05, 0) is 42.3 Å². The Labute approximate surface area is 159 Å². The SMILES string of the molecule is CCCN(N=NC)c1ccc2c(c1)C(C1=CCNc3[nH]ccc31)=C=CCN2. The van der Waals surface area contributed by atoms with Crippen LogP contribution >= 0.6 is 0 Å². The molecule has 2 aromatic rings. The highest BCUT2D eigenvalue weighted by atomic mass is 15.5. The van der Waals surface area contributed by atoms with Crippen molar-refractivity contribution in [1.82, 2.24) is 4.98 Å². The Morgan fingerprint density at radius 1 is 1.15 bits per heavy atom.